The largest absolute Gasteiger partial charge is 0.491 e. The number of nitrogens with one attached hydrogen (secondary N) is 1. The molecule has 0 saturated heterocycles. The molecule has 0 radical (unpaired) electrons. The number of ether oxygens (including phenoxy) is 1. The van der Waals surface area contributed by atoms with Gasteiger partial charge in [0.2, 0.25) is 0 Å². The molecule has 2 rings (SSSR count). The van der Waals surface area contributed by atoms with Crippen LogP contribution in [-0.4, -0.2) is 6.10 Å². The molecule has 3 nitrogen and oxygen atoms in total. The van der Waals surface area contributed by atoms with Gasteiger partial charge in [0.25, 0.3) is 0 Å². The lowest BCUT2D eigenvalue weighted by Crippen LogP contribution is -2.06. The van der Waals surface area contributed by atoms with E-state index >= 15 is 0 Å². The van der Waals surface area contributed by atoms with Crippen LogP contribution in [0.4, 0.5) is 17.1 Å². The van der Waals surface area contributed by atoms with E-state index in [0.29, 0.717) is 10.7 Å². The van der Waals surface area contributed by atoms with Crippen molar-refractivity contribution in [2.45, 2.75) is 20.0 Å². The van der Waals surface area contributed by atoms with Gasteiger partial charge in [-0.3, -0.25) is 0 Å². The number of hydrogen-bond donors (Lipinski definition) is 2. The molecule has 0 atom stereocenters. The molecule has 2 aromatic rings. The third kappa shape index (κ3) is 3.80. The molecule has 0 aliphatic rings. The van der Waals surface area contributed by atoms with E-state index in [4.69, 9.17) is 22.1 Å². The lowest BCUT2D eigenvalue weighted by Gasteiger charge is -2.14. The van der Waals surface area contributed by atoms with Gasteiger partial charge < -0.3 is 15.8 Å². The third-order valence-corrected chi connectivity index (χ3v) is 2.78. The minimum atomic E-state index is 0.106. The highest BCUT2D eigenvalue weighted by Gasteiger charge is 2.04. The van der Waals surface area contributed by atoms with Gasteiger partial charge in [0.1, 0.15) is 5.75 Å². The summed E-state index contributed by atoms with van der Waals surface area (Å²) < 4.78 is 5.65. The number of rotatable bonds is 4. The molecular formula is C15H17ClN2O. The quantitative estimate of drug-likeness (QED) is 0.811. The summed E-state index contributed by atoms with van der Waals surface area (Å²) in [5.41, 5.74) is 8.21. The zero-order valence-corrected chi connectivity index (χ0v) is 11.7. The summed E-state index contributed by atoms with van der Waals surface area (Å²) in [6.07, 6.45) is 0.106. The van der Waals surface area contributed by atoms with E-state index in [1.54, 1.807) is 6.07 Å². The van der Waals surface area contributed by atoms with Crippen molar-refractivity contribution in [3.05, 3.63) is 47.5 Å². The Morgan fingerprint density at radius 2 is 1.89 bits per heavy atom. The van der Waals surface area contributed by atoms with E-state index in [2.05, 4.69) is 5.32 Å². The zero-order valence-electron chi connectivity index (χ0n) is 11.0. The monoisotopic (exact) mass is 276 g/mol. The molecule has 4 heteroatoms. The van der Waals surface area contributed by atoms with Gasteiger partial charge in [-0.15, -0.1) is 0 Å². The van der Waals surface area contributed by atoms with Crippen LogP contribution in [0.25, 0.3) is 0 Å². The highest BCUT2D eigenvalue weighted by atomic mass is 35.5. The molecular weight excluding hydrogens is 260 g/mol. The maximum absolute atomic E-state index is 6.11. The van der Waals surface area contributed by atoms with E-state index in [1.165, 1.54) is 0 Å². The molecule has 2 aromatic carbocycles. The van der Waals surface area contributed by atoms with Gasteiger partial charge in [-0.1, -0.05) is 23.7 Å². The van der Waals surface area contributed by atoms with Crippen LogP contribution in [0.1, 0.15) is 13.8 Å². The first kappa shape index (κ1) is 13.6. The molecule has 0 unspecified atom stereocenters. The van der Waals surface area contributed by atoms with Crippen LogP contribution in [-0.2, 0) is 0 Å². The number of benzene rings is 2. The van der Waals surface area contributed by atoms with Gasteiger partial charge in [-0.25, -0.2) is 0 Å². The first-order chi connectivity index (χ1) is 9.04. The number of para-hydroxylation sites is 1. The van der Waals surface area contributed by atoms with E-state index < -0.39 is 0 Å². The van der Waals surface area contributed by atoms with Gasteiger partial charge >= 0.3 is 0 Å². The van der Waals surface area contributed by atoms with Crippen LogP contribution in [0, 0.1) is 0 Å². The summed E-state index contributed by atoms with van der Waals surface area (Å²) in [5, 5.41) is 3.90. The zero-order chi connectivity index (χ0) is 13.8. The van der Waals surface area contributed by atoms with E-state index in [1.807, 2.05) is 50.2 Å². The number of halogens is 1. The summed E-state index contributed by atoms with van der Waals surface area (Å²) in [5.74, 6) is 0.740. The molecule has 19 heavy (non-hydrogen) atoms. The molecule has 0 bridgehead atoms. The summed E-state index contributed by atoms with van der Waals surface area (Å²) >= 11 is 6.11. The Kier molecular flexibility index (Phi) is 4.17. The van der Waals surface area contributed by atoms with Crippen LogP contribution in [0.2, 0.25) is 5.02 Å². The highest BCUT2D eigenvalue weighted by molar-refractivity contribution is 6.33. The molecule has 0 aromatic heterocycles. The molecule has 0 fully saturated rings. The van der Waals surface area contributed by atoms with Crippen LogP contribution in [0.3, 0.4) is 0 Å². The minimum Gasteiger partial charge on any atom is -0.491 e. The summed E-state index contributed by atoms with van der Waals surface area (Å²) in [7, 11) is 0. The second-order valence-electron chi connectivity index (χ2n) is 4.56. The molecule has 0 heterocycles. The van der Waals surface area contributed by atoms with Gasteiger partial charge in [0, 0.05) is 23.5 Å². The average molecular weight is 277 g/mol. The van der Waals surface area contributed by atoms with Crippen LogP contribution >= 0.6 is 11.6 Å². The molecule has 3 N–H and O–H groups in total. The van der Waals surface area contributed by atoms with Crippen molar-refractivity contribution in [2.75, 3.05) is 11.1 Å². The Morgan fingerprint density at radius 1 is 1.16 bits per heavy atom. The number of anilines is 3. The maximum Gasteiger partial charge on any atom is 0.123 e. The van der Waals surface area contributed by atoms with Gasteiger partial charge in [0.15, 0.2) is 0 Å². The Labute approximate surface area is 118 Å². The molecule has 0 aliphatic carbocycles. The molecule has 0 spiro atoms. The fourth-order valence-electron chi connectivity index (χ4n) is 1.75. The fraction of sp³-hybridized carbons (Fsp3) is 0.200. The van der Waals surface area contributed by atoms with Crippen LogP contribution in [0.15, 0.2) is 42.5 Å². The molecule has 0 saturated carbocycles. The van der Waals surface area contributed by atoms with Crippen molar-refractivity contribution in [1.82, 2.24) is 0 Å². The Balaban J connectivity index is 2.25. The number of nitrogens with two attached hydrogens (primary N) is 1. The first-order valence-electron chi connectivity index (χ1n) is 6.13. The second kappa shape index (κ2) is 5.85. The van der Waals surface area contributed by atoms with Crippen molar-refractivity contribution in [2.24, 2.45) is 0 Å². The van der Waals surface area contributed by atoms with Crippen LogP contribution < -0.4 is 15.8 Å². The lowest BCUT2D eigenvalue weighted by atomic mass is 10.2. The summed E-state index contributed by atoms with van der Waals surface area (Å²) in [6, 6.07) is 13.1. The van der Waals surface area contributed by atoms with Crippen LogP contribution in [0.5, 0.6) is 5.75 Å². The van der Waals surface area contributed by atoms with Crippen molar-refractivity contribution in [3.63, 3.8) is 0 Å². The van der Waals surface area contributed by atoms with E-state index in [9.17, 15) is 0 Å². The van der Waals surface area contributed by atoms with Gasteiger partial charge in [0.05, 0.1) is 16.8 Å². The lowest BCUT2D eigenvalue weighted by molar-refractivity contribution is 0.242. The predicted octanol–water partition coefficient (Wildman–Crippen LogP) is 4.45. The Hall–Kier alpha value is -1.87. The number of nitrogen functional groups attached to an aromatic ring is 1. The standard InChI is InChI=1S/C15H17ClN2O/c1-10(2)19-13-8-11(17)7-12(9-13)18-15-6-4-3-5-14(15)16/h3-10,18H,17H2,1-2H3. The Morgan fingerprint density at radius 3 is 2.58 bits per heavy atom. The first-order valence-corrected chi connectivity index (χ1v) is 6.51. The highest BCUT2D eigenvalue weighted by Crippen LogP contribution is 2.29. The predicted molar refractivity (Wildman–Crippen MR) is 81.4 cm³/mol. The van der Waals surface area contributed by atoms with E-state index in [0.717, 1.165) is 17.1 Å². The minimum absolute atomic E-state index is 0.106. The van der Waals surface area contributed by atoms with Crippen molar-refractivity contribution >= 4 is 28.7 Å². The smallest absolute Gasteiger partial charge is 0.123 e. The SMILES string of the molecule is CC(C)Oc1cc(N)cc(Nc2ccccc2Cl)c1. The van der Waals surface area contributed by atoms with Crippen molar-refractivity contribution < 1.29 is 4.74 Å². The molecule has 100 valence electrons. The number of hydrogen-bond acceptors (Lipinski definition) is 3. The molecule has 0 aliphatic heterocycles. The van der Waals surface area contributed by atoms with Crippen molar-refractivity contribution in [1.29, 1.82) is 0 Å². The average Bonchev–Trinajstić information content (AvgIpc) is 2.30. The normalized spacial score (nSPS) is 10.5. The topological polar surface area (TPSA) is 47.3 Å². The Bertz CT molecular complexity index is 570. The molecule has 0 amide bonds. The fourth-order valence-corrected chi connectivity index (χ4v) is 1.94. The van der Waals surface area contributed by atoms with Gasteiger partial charge in [-0.2, -0.15) is 0 Å². The van der Waals surface area contributed by atoms with Gasteiger partial charge in [-0.05, 0) is 32.0 Å². The second-order valence-corrected chi connectivity index (χ2v) is 4.97. The third-order valence-electron chi connectivity index (χ3n) is 2.45. The van der Waals surface area contributed by atoms with Crippen molar-refractivity contribution in [3.8, 4) is 5.75 Å². The van der Waals surface area contributed by atoms with E-state index in [-0.39, 0.29) is 6.10 Å². The maximum atomic E-state index is 6.11. The summed E-state index contributed by atoms with van der Waals surface area (Å²) in [4.78, 5) is 0. The summed E-state index contributed by atoms with van der Waals surface area (Å²) in [6.45, 7) is 3.95.